The van der Waals surface area contributed by atoms with Crippen LogP contribution in [-0.2, 0) is 24.7 Å². The van der Waals surface area contributed by atoms with Crippen molar-refractivity contribution in [2.24, 2.45) is 7.05 Å². The highest BCUT2D eigenvalue weighted by Crippen LogP contribution is 2.29. The average molecular weight is 390 g/mol. The largest absolute Gasteiger partial charge is 0.323 e. The molecule has 0 radical (unpaired) electrons. The van der Waals surface area contributed by atoms with Crippen LogP contribution < -0.4 is 10.9 Å². The summed E-state index contributed by atoms with van der Waals surface area (Å²) in [6, 6.07) is 13.9. The van der Waals surface area contributed by atoms with E-state index in [4.69, 9.17) is 0 Å². The highest BCUT2D eigenvalue weighted by Gasteiger charge is 2.12. The number of hydrogen-bond acceptors (Lipinski definition) is 2. The molecule has 148 valence electrons. The Kier molecular flexibility index (Phi) is 6.07. The minimum absolute atomic E-state index is 0.0209. The maximum atomic E-state index is 13.3. The Morgan fingerprint density at radius 2 is 1.86 bits per heavy atom. The van der Waals surface area contributed by atoms with Crippen molar-refractivity contribution < 1.29 is 9.18 Å². The first-order valence-corrected chi connectivity index (χ1v) is 9.42. The molecule has 4 nitrogen and oxygen atoms in total. The number of aromatic nitrogens is 1. The van der Waals surface area contributed by atoms with Gasteiger partial charge in [0.05, 0.1) is 0 Å². The first-order chi connectivity index (χ1) is 13.9. The number of carbonyl (C=O) groups excluding carboxylic acids is 1. The van der Waals surface area contributed by atoms with Crippen LogP contribution in [0.1, 0.15) is 23.6 Å². The van der Waals surface area contributed by atoms with Gasteiger partial charge in [-0.25, -0.2) is 4.39 Å². The van der Waals surface area contributed by atoms with Gasteiger partial charge in [0.1, 0.15) is 5.82 Å². The van der Waals surface area contributed by atoms with E-state index >= 15 is 0 Å². The molecule has 0 spiro atoms. The zero-order chi connectivity index (χ0) is 21.0. The molecule has 0 unspecified atom stereocenters. The number of anilines is 1. The summed E-state index contributed by atoms with van der Waals surface area (Å²) in [5.41, 5.74) is 5.10. The molecule has 0 saturated carbocycles. The van der Waals surface area contributed by atoms with Crippen molar-refractivity contribution in [3.05, 3.63) is 100 Å². The molecule has 3 rings (SSSR count). The molecule has 1 N–H and O–H groups in total. The SMILES string of the molecule is C=CC(=O)Nc1ccc(Cc2ccc(F)cc2)c(-c2cc(CC)c(=O)n(C)c2)c1. The first-order valence-electron chi connectivity index (χ1n) is 9.42. The maximum absolute atomic E-state index is 13.3. The van der Waals surface area contributed by atoms with Gasteiger partial charge in [-0.05, 0) is 71.5 Å². The van der Waals surface area contributed by atoms with Crippen LogP contribution in [0.2, 0.25) is 0 Å². The molecule has 29 heavy (non-hydrogen) atoms. The Morgan fingerprint density at radius 1 is 1.14 bits per heavy atom. The van der Waals surface area contributed by atoms with Crippen LogP contribution in [0.5, 0.6) is 0 Å². The Labute approximate surface area is 169 Å². The van der Waals surface area contributed by atoms with Crippen molar-refractivity contribution >= 4 is 11.6 Å². The number of hydrogen-bond donors (Lipinski definition) is 1. The van der Waals surface area contributed by atoms with Gasteiger partial charge in [-0.2, -0.15) is 0 Å². The summed E-state index contributed by atoms with van der Waals surface area (Å²) in [5.74, 6) is -0.570. The Hall–Kier alpha value is -3.47. The van der Waals surface area contributed by atoms with Crippen molar-refractivity contribution in [2.75, 3.05) is 5.32 Å². The fraction of sp³-hybridized carbons (Fsp3) is 0.167. The van der Waals surface area contributed by atoms with Gasteiger partial charge in [0.2, 0.25) is 5.91 Å². The van der Waals surface area contributed by atoms with E-state index in [9.17, 15) is 14.0 Å². The van der Waals surface area contributed by atoms with Crippen LogP contribution in [0.4, 0.5) is 10.1 Å². The third kappa shape index (κ3) is 4.69. The van der Waals surface area contributed by atoms with Gasteiger partial charge >= 0.3 is 0 Å². The van der Waals surface area contributed by atoms with E-state index in [1.165, 1.54) is 18.2 Å². The van der Waals surface area contributed by atoms with Gasteiger partial charge < -0.3 is 9.88 Å². The van der Waals surface area contributed by atoms with Gasteiger partial charge in [-0.3, -0.25) is 9.59 Å². The molecule has 0 aliphatic carbocycles. The summed E-state index contributed by atoms with van der Waals surface area (Å²) < 4.78 is 14.8. The highest BCUT2D eigenvalue weighted by molar-refractivity contribution is 5.99. The maximum Gasteiger partial charge on any atom is 0.253 e. The van der Waals surface area contributed by atoms with Crippen LogP contribution in [0.25, 0.3) is 11.1 Å². The number of nitrogens with zero attached hydrogens (tertiary/aromatic N) is 1. The molecule has 3 aromatic rings. The molecule has 0 saturated heterocycles. The molecule has 0 aliphatic heterocycles. The molecule has 0 atom stereocenters. The fourth-order valence-electron chi connectivity index (χ4n) is 3.27. The molecule has 0 fully saturated rings. The molecule has 1 heterocycles. The normalized spacial score (nSPS) is 10.6. The van der Waals surface area contributed by atoms with Crippen molar-refractivity contribution in [3.8, 4) is 11.1 Å². The lowest BCUT2D eigenvalue weighted by Gasteiger charge is -2.15. The van der Waals surface area contributed by atoms with Crippen molar-refractivity contribution in [3.63, 3.8) is 0 Å². The predicted molar refractivity (Wildman–Crippen MR) is 115 cm³/mol. The van der Waals surface area contributed by atoms with Crippen LogP contribution in [0.3, 0.4) is 0 Å². The summed E-state index contributed by atoms with van der Waals surface area (Å²) in [4.78, 5) is 24.0. The van der Waals surface area contributed by atoms with E-state index in [0.29, 0.717) is 18.5 Å². The van der Waals surface area contributed by atoms with E-state index in [-0.39, 0.29) is 17.3 Å². The van der Waals surface area contributed by atoms with E-state index in [1.807, 2.05) is 31.2 Å². The zero-order valence-electron chi connectivity index (χ0n) is 16.5. The first kappa shape index (κ1) is 20.3. The third-order valence-electron chi connectivity index (χ3n) is 4.82. The molecule has 2 aromatic carbocycles. The quantitative estimate of drug-likeness (QED) is 0.632. The van der Waals surface area contributed by atoms with Crippen molar-refractivity contribution in [1.29, 1.82) is 0 Å². The Balaban J connectivity index is 2.12. The van der Waals surface area contributed by atoms with Crippen molar-refractivity contribution in [2.45, 2.75) is 19.8 Å². The highest BCUT2D eigenvalue weighted by atomic mass is 19.1. The second-order valence-electron chi connectivity index (χ2n) is 6.89. The molecule has 1 aromatic heterocycles. The monoisotopic (exact) mass is 390 g/mol. The lowest BCUT2D eigenvalue weighted by molar-refractivity contribution is -0.111. The van der Waals surface area contributed by atoms with Crippen LogP contribution >= 0.6 is 0 Å². The molecule has 0 aliphatic rings. The van der Waals surface area contributed by atoms with Gasteiger partial charge in [0.25, 0.3) is 5.56 Å². The van der Waals surface area contributed by atoms with Gasteiger partial charge in [-0.1, -0.05) is 31.7 Å². The summed E-state index contributed by atoms with van der Waals surface area (Å²) >= 11 is 0. The summed E-state index contributed by atoms with van der Waals surface area (Å²) in [6.07, 6.45) is 4.23. The minimum atomic E-state index is -0.294. The second kappa shape index (κ2) is 8.69. The molecular formula is C24H23FN2O2. The number of aryl methyl sites for hydroxylation is 2. The lowest BCUT2D eigenvalue weighted by Crippen LogP contribution is -2.20. The number of nitrogens with one attached hydrogen (secondary N) is 1. The minimum Gasteiger partial charge on any atom is -0.323 e. The van der Waals surface area contributed by atoms with Crippen LogP contribution in [-0.4, -0.2) is 10.5 Å². The molecule has 5 heteroatoms. The number of carbonyl (C=O) groups is 1. The van der Waals surface area contributed by atoms with E-state index in [0.717, 1.165) is 27.8 Å². The predicted octanol–water partition coefficient (Wildman–Crippen LogP) is 4.47. The molecule has 1 amide bonds. The number of amides is 1. The number of rotatable bonds is 6. The summed E-state index contributed by atoms with van der Waals surface area (Å²) in [6.45, 7) is 5.43. The third-order valence-corrected chi connectivity index (χ3v) is 4.82. The smallest absolute Gasteiger partial charge is 0.253 e. The van der Waals surface area contributed by atoms with Crippen LogP contribution in [0, 0.1) is 5.82 Å². The average Bonchev–Trinajstić information content (AvgIpc) is 2.72. The second-order valence-corrected chi connectivity index (χ2v) is 6.89. The standard InChI is InChI=1S/C24H23FN2O2/c1-4-17-13-19(15-27(3)24(17)29)22-14-21(26-23(28)5-2)11-8-18(22)12-16-6-9-20(25)10-7-16/h5-11,13-15H,2,4,12H2,1,3H3,(H,26,28). The zero-order valence-corrected chi connectivity index (χ0v) is 16.5. The van der Waals surface area contributed by atoms with Gasteiger partial charge in [0.15, 0.2) is 0 Å². The number of halogens is 1. The lowest BCUT2D eigenvalue weighted by atomic mass is 9.94. The Bertz CT molecular complexity index is 1110. The van der Waals surface area contributed by atoms with E-state index in [1.54, 1.807) is 29.9 Å². The Morgan fingerprint density at radius 3 is 2.52 bits per heavy atom. The number of benzene rings is 2. The van der Waals surface area contributed by atoms with Crippen LogP contribution in [0.15, 0.2) is 72.2 Å². The van der Waals surface area contributed by atoms with Gasteiger partial charge in [-0.15, -0.1) is 0 Å². The molecule has 0 bridgehead atoms. The van der Waals surface area contributed by atoms with Crippen molar-refractivity contribution in [1.82, 2.24) is 4.57 Å². The van der Waals surface area contributed by atoms with Gasteiger partial charge in [0, 0.05) is 24.5 Å². The topological polar surface area (TPSA) is 51.1 Å². The van der Waals surface area contributed by atoms with E-state index in [2.05, 4.69) is 11.9 Å². The van der Waals surface area contributed by atoms with E-state index < -0.39 is 0 Å². The summed E-state index contributed by atoms with van der Waals surface area (Å²) in [5, 5.41) is 2.78. The fourth-order valence-corrected chi connectivity index (χ4v) is 3.27. The molecular weight excluding hydrogens is 367 g/mol. The summed E-state index contributed by atoms with van der Waals surface area (Å²) in [7, 11) is 1.73. The number of pyridine rings is 1.